The van der Waals surface area contributed by atoms with Crippen LogP contribution in [0.2, 0.25) is 0 Å². The van der Waals surface area contributed by atoms with Crippen molar-refractivity contribution < 1.29 is 9.53 Å². The molecule has 0 saturated heterocycles. The van der Waals surface area contributed by atoms with Gasteiger partial charge in [0.2, 0.25) is 0 Å². The third-order valence-electron chi connectivity index (χ3n) is 4.80. The molecule has 0 radical (unpaired) electrons. The average molecular weight is 353 g/mol. The SMILES string of the molecule is CCCCCCCCCCCCCCCCCCC/C=C/OC(C)=O. The third-order valence-corrected chi connectivity index (χ3v) is 4.80. The molecule has 2 heteroatoms. The number of esters is 1. The molecule has 0 aromatic carbocycles. The van der Waals surface area contributed by atoms with Gasteiger partial charge in [-0.3, -0.25) is 4.79 Å². The summed E-state index contributed by atoms with van der Waals surface area (Å²) < 4.78 is 4.76. The summed E-state index contributed by atoms with van der Waals surface area (Å²) in [4.78, 5) is 10.6. The van der Waals surface area contributed by atoms with Gasteiger partial charge >= 0.3 is 5.97 Å². The second-order valence-corrected chi connectivity index (χ2v) is 7.43. The average Bonchev–Trinajstić information content (AvgIpc) is 2.60. The van der Waals surface area contributed by atoms with Crippen LogP contribution in [0.1, 0.15) is 129 Å². The number of unbranched alkanes of at least 4 members (excludes halogenated alkanes) is 17. The minimum Gasteiger partial charge on any atom is -0.435 e. The first-order valence-electron chi connectivity index (χ1n) is 11.1. The number of carbonyl (C=O) groups excluding carboxylic acids is 1. The van der Waals surface area contributed by atoms with Crippen molar-refractivity contribution >= 4 is 5.97 Å². The van der Waals surface area contributed by atoms with Crippen LogP contribution in [0.5, 0.6) is 0 Å². The van der Waals surface area contributed by atoms with E-state index < -0.39 is 0 Å². The lowest BCUT2D eigenvalue weighted by molar-refractivity contribution is -0.135. The predicted molar refractivity (Wildman–Crippen MR) is 110 cm³/mol. The molecular formula is C23H44O2. The highest BCUT2D eigenvalue weighted by Gasteiger charge is 1.94. The molecule has 2 nitrogen and oxygen atoms in total. The van der Waals surface area contributed by atoms with E-state index in [0.717, 1.165) is 6.42 Å². The molecule has 0 aliphatic carbocycles. The van der Waals surface area contributed by atoms with Gasteiger partial charge in [0, 0.05) is 6.92 Å². The largest absolute Gasteiger partial charge is 0.435 e. The molecule has 0 aromatic heterocycles. The Hall–Kier alpha value is -0.790. The third kappa shape index (κ3) is 23.2. The van der Waals surface area contributed by atoms with E-state index in [9.17, 15) is 4.79 Å². The molecule has 0 fully saturated rings. The van der Waals surface area contributed by atoms with Crippen molar-refractivity contribution in [3.63, 3.8) is 0 Å². The van der Waals surface area contributed by atoms with Crippen LogP contribution >= 0.6 is 0 Å². The van der Waals surface area contributed by atoms with Gasteiger partial charge in [0.25, 0.3) is 0 Å². The van der Waals surface area contributed by atoms with E-state index in [4.69, 9.17) is 4.74 Å². The van der Waals surface area contributed by atoms with Crippen molar-refractivity contribution in [2.75, 3.05) is 0 Å². The standard InChI is InChI=1S/C23H44O2/c1-3-4-5-6-7-8-9-10-11-12-13-14-15-16-17-18-19-20-21-22-25-23(2)24/h21-22H,3-20H2,1-2H3/b22-21+. The fourth-order valence-corrected chi connectivity index (χ4v) is 3.20. The lowest BCUT2D eigenvalue weighted by Gasteiger charge is -2.03. The van der Waals surface area contributed by atoms with Crippen LogP contribution in [0.25, 0.3) is 0 Å². The fourth-order valence-electron chi connectivity index (χ4n) is 3.20. The summed E-state index contributed by atoms with van der Waals surface area (Å²) in [6.07, 6.45) is 28.4. The van der Waals surface area contributed by atoms with Gasteiger partial charge in [-0.2, -0.15) is 0 Å². The maximum absolute atomic E-state index is 10.6. The number of rotatable bonds is 19. The molecule has 0 aliphatic rings. The summed E-state index contributed by atoms with van der Waals surface area (Å²) in [7, 11) is 0. The van der Waals surface area contributed by atoms with E-state index in [-0.39, 0.29) is 5.97 Å². The fraction of sp³-hybridized carbons (Fsp3) is 0.870. The Kier molecular flexibility index (Phi) is 20.6. The lowest BCUT2D eigenvalue weighted by Crippen LogP contribution is -1.89. The summed E-state index contributed by atoms with van der Waals surface area (Å²) in [5.74, 6) is -0.237. The van der Waals surface area contributed by atoms with Crippen molar-refractivity contribution in [3.05, 3.63) is 12.3 Å². The van der Waals surface area contributed by atoms with E-state index in [2.05, 4.69) is 6.92 Å². The van der Waals surface area contributed by atoms with Crippen LogP contribution in [0.15, 0.2) is 12.3 Å². The van der Waals surface area contributed by atoms with E-state index in [1.807, 2.05) is 6.08 Å². The highest BCUT2D eigenvalue weighted by atomic mass is 16.5. The summed E-state index contributed by atoms with van der Waals surface area (Å²) in [5, 5.41) is 0. The minimum atomic E-state index is -0.237. The zero-order valence-corrected chi connectivity index (χ0v) is 17.2. The van der Waals surface area contributed by atoms with Gasteiger partial charge in [0.15, 0.2) is 0 Å². The summed E-state index contributed by atoms with van der Waals surface area (Å²) in [5.41, 5.74) is 0. The second-order valence-electron chi connectivity index (χ2n) is 7.43. The van der Waals surface area contributed by atoms with Crippen molar-refractivity contribution in [3.8, 4) is 0 Å². The normalized spacial score (nSPS) is 11.3. The first-order chi connectivity index (χ1) is 12.3. The second kappa shape index (κ2) is 21.3. The molecule has 0 saturated carbocycles. The molecule has 148 valence electrons. The van der Waals surface area contributed by atoms with E-state index in [1.54, 1.807) is 0 Å². The lowest BCUT2D eigenvalue weighted by atomic mass is 10.0. The zero-order valence-electron chi connectivity index (χ0n) is 17.2. The highest BCUT2D eigenvalue weighted by Crippen LogP contribution is 2.14. The zero-order chi connectivity index (χ0) is 18.4. The molecular weight excluding hydrogens is 308 g/mol. The summed E-state index contributed by atoms with van der Waals surface area (Å²) in [6, 6.07) is 0. The Morgan fingerprint density at radius 1 is 0.640 bits per heavy atom. The van der Waals surface area contributed by atoms with Crippen LogP contribution in [-0.2, 0) is 9.53 Å². The Balaban J connectivity index is 3.03. The molecule has 0 heterocycles. The van der Waals surface area contributed by atoms with Gasteiger partial charge in [-0.15, -0.1) is 0 Å². The van der Waals surface area contributed by atoms with Crippen LogP contribution in [0.3, 0.4) is 0 Å². The molecule has 25 heavy (non-hydrogen) atoms. The first-order valence-corrected chi connectivity index (χ1v) is 11.1. The Morgan fingerprint density at radius 3 is 1.36 bits per heavy atom. The molecule has 0 N–H and O–H groups in total. The Labute approximate surface area is 157 Å². The van der Waals surface area contributed by atoms with Crippen LogP contribution in [0, 0.1) is 0 Å². The number of hydrogen-bond donors (Lipinski definition) is 0. The molecule has 0 spiro atoms. The molecule has 0 amide bonds. The first kappa shape index (κ1) is 24.2. The molecule has 0 rings (SSSR count). The van der Waals surface area contributed by atoms with Crippen molar-refractivity contribution in [1.29, 1.82) is 0 Å². The van der Waals surface area contributed by atoms with Gasteiger partial charge in [-0.05, 0) is 18.9 Å². The minimum absolute atomic E-state index is 0.237. The van der Waals surface area contributed by atoms with E-state index >= 15 is 0 Å². The molecule has 0 unspecified atom stereocenters. The predicted octanol–water partition coefficient (Wildman–Crippen LogP) is 8.10. The quantitative estimate of drug-likeness (QED) is 0.133. The van der Waals surface area contributed by atoms with Crippen LogP contribution in [-0.4, -0.2) is 5.97 Å². The molecule has 0 bridgehead atoms. The van der Waals surface area contributed by atoms with Gasteiger partial charge in [-0.1, -0.05) is 110 Å². The molecule has 0 aromatic rings. The van der Waals surface area contributed by atoms with Crippen molar-refractivity contribution in [2.45, 2.75) is 129 Å². The Bertz CT molecular complexity index is 296. The van der Waals surface area contributed by atoms with Crippen molar-refractivity contribution in [1.82, 2.24) is 0 Å². The van der Waals surface area contributed by atoms with Gasteiger partial charge in [-0.25, -0.2) is 0 Å². The molecule has 0 aliphatic heterocycles. The topological polar surface area (TPSA) is 26.3 Å². The number of allylic oxidation sites excluding steroid dienone is 1. The number of carbonyl (C=O) groups is 1. The van der Waals surface area contributed by atoms with Crippen LogP contribution in [0.4, 0.5) is 0 Å². The van der Waals surface area contributed by atoms with Gasteiger partial charge in [0.05, 0.1) is 6.26 Å². The summed E-state index contributed by atoms with van der Waals surface area (Å²) >= 11 is 0. The molecule has 0 atom stereocenters. The van der Waals surface area contributed by atoms with Gasteiger partial charge in [0.1, 0.15) is 0 Å². The highest BCUT2D eigenvalue weighted by molar-refractivity contribution is 5.66. The number of hydrogen-bond acceptors (Lipinski definition) is 2. The summed E-state index contributed by atoms with van der Waals surface area (Å²) in [6.45, 7) is 3.72. The van der Waals surface area contributed by atoms with Crippen molar-refractivity contribution in [2.24, 2.45) is 0 Å². The van der Waals surface area contributed by atoms with Crippen LogP contribution < -0.4 is 0 Å². The van der Waals surface area contributed by atoms with E-state index in [0.29, 0.717) is 0 Å². The monoisotopic (exact) mass is 352 g/mol. The Morgan fingerprint density at radius 2 is 1.00 bits per heavy atom. The maximum Gasteiger partial charge on any atom is 0.307 e. The number of ether oxygens (including phenoxy) is 1. The van der Waals surface area contributed by atoms with Gasteiger partial charge < -0.3 is 4.74 Å². The van der Waals surface area contributed by atoms with E-state index in [1.165, 1.54) is 122 Å². The maximum atomic E-state index is 10.6. The smallest absolute Gasteiger partial charge is 0.307 e.